The number of piperidine rings is 2. The smallest absolute Gasteiger partial charge is 0.255 e. The number of benzene rings is 1. The first-order chi connectivity index (χ1) is 13.3. The van der Waals surface area contributed by atoms with Gasteiger partial charge in [-0.3, -0.25) is 19.7 Å². The van der Waals surface area contributed by atoms with Crippen LogP contribution in [-0.4, -0.2) is 48.3 Å². The SMILES string of the molecule is [2H]C1([2H])Oc2c(ccc3c2CN([C@H]2CCC(=O)NC2=O)C3=O)C12CCNCC2. The van der Waals surface area contributed by atoms with Crippen molar-refractivity contribution in [3.63, 3.8) is 0 Å². The molecular formula is C19H21N3O4. The van der Waals surface area contributed by atoms with Gasteiger partial charge >= 0.3 is 0 Å². The first kappa shape index (κ1) is 13.7. The van der Waals surface area contributed by atoms with Crippen LogP contribution in [0.4, 0.5) is 0 Å². The molecule has 4 aliphatic heterocycles. The average Bonchev–Trinajstić information content (AvgIpc) is 3.09. The van der Waals surface area contributed by atoms with Crippen molar-refractivity contribution in [1.29, 1.82) is 0 Å². The Bertz CT molecular complexity index is 911. The topological polar surface area (TPSA) is 87.7 Å². The highest BCUT2D eigenvalue weighted by Gasteiger charge is 2.46. The van der Waals surface area contributed by atoms with Crippen LogP contribution in [0.25, 0.3) is 0 Å². The molecule has 0 bridgehead atoms. The van der Waals surface area contributed by atoms with Crippen LogP contribution in [0.5, 0.6) is 5.75 Å². The normalized spacial score (nSPS) is 29.6. The van der Waals surface area contributed by atoms with Crippen LogP contribution in [-0.2, 0) is 21.5 Å². The third-order valence-electron chi connectivity index (χ3n) is 5.99. The number of rotatable bonds is 1. The summed E-state index contributed by atoms with van der Waals surface area (Å²) < 4.78 is 22.9. The summed E-state index contributed by atoms with van der Waals surface area (Å²) in [5, 5.41) is 5.56. The fourth-order valence-electron chi connectivity index (χ4n) is 4.54. The maximum Gasteiger partial charge on any atom is 0.255 e. The zero-order valence-corrected chi connectivity index (χ0v) is 14.3. The maximum absolute atomic E-state index is 13.0. The van der Waals surface area contributed by atoms with Gasteiger partial charge in [0, 0.05) is 28.5 Å². The minimum absolute atomic E-state index is 0.189. The van der Waals surface area contributed by atoms with E-state index < -0.39 is 23.9 Å². The van der Waals surface area contributed by atoms with Crippen LogP contribution in [0, 0.1) is 0 Å². The highest BCUT2D eigenvalue weighted by molar-refractivity contribution is 6.05. The number of hydrogen-bond donors (Lipinski definition) is 2. The second-order valence-corrected chi connectivity index (χ2v) is 7.40. The molecule has 2 fully saturated rings. The second kappa shape index (κ2) is 5.54. The van der Waals surface area contributed by atoms with Crippen molar-refractivity contribution in [3.05, 3.63) is 28.8 Å². The molecule has 2 saturated heterocycles. The molecule has 136 valence electrons. The van der Waals surface area contributed by atoms with Gasteiger partial charge in [0.2, 0.25) is 11.8 Å². The van der Waals surface area contributed by atoms with Crippen LogP contribution in [0.3, 0.4) is 0 Å². The van der Waals surface area contributed by atoms with Gasteiger partial charge in [0.05, 0.1) is 15.8 Å². The van der Waals surface area contributed by atoms with Gasteiger partial charge in [0.1, 0.15) is 11.8 Å². The van der Waals surface area contributed by atoms with Crippen LogP contribution >= 0.6 is 0 Å². The minimum atomic E-state index is -1.85. The molecule has 0 aromatic heterocycles. The van der Waals surface area contributed by atoms with E-state index in [1.807, 2.05) is 6.07 Å². The molecule has 2 N–H and O–H groups in total. The molecule has 5 rings (SSSR count). The van der Waals surface area contributed by atoms with Crippen molar-refractivity contribution in [3.8, 4) is 5.75 Å². The van der Waals surface area contributed by atoms with Crippen molar-refractivity contribution in [2.24, 2.45) is 0 Å². The third-order valence-corrected chi connectivity index (χ3v) is 5.99. The van der Waals surface area contributed by atoms with Crippen LogP contribution in [0.1, 0.15) is 49.9 Å². The minimum Gasteiger partial charge on any atom is -0.492 e. The summed E-state index contributed by atoms with van der Waals surface area (Å²) in [4.78, 5) is 38.1. The molecule has 1 aromatic carbocycles. The van der Waals surface area contributed by atoms with Gasteiger partial charge in [-0.1, -0.05) is 6.07 Å². The van der Waals surface area contributed by atoms with E-state index in [1.54, 1.807) is 6.07 Å². The summed E-state index contributed by atoms with van der Waals surface area (Å²) in [5.41, 5.74) is 1.18. The van der Waals surface area contributed by atoms with E-state index in [1.165, 1.54) is 4.90 Å². The summed E-state index contributed by atoms with van der Waals surface area (Å²) in [7, 11) is 0. The zero-order valence-electron chi connectivity index (χ0n) is 16.3. The molecule has 7 heteroatoms. The number of imide groups is 1. The first-order valence-corrected chi connectivity index (χ1v) is 9.05. The lowest BCUT2D eigenvalue weighted by molar-refractivity contribution is -0.136. The molecule has 1 spiro atoms. The molecule has 1 aromatic rings. The number of fused-ring (bicyclic) bond motifs is 4. The molecule has 4 aliphatic rings. The molecule has 0 saturated carbocycles. The summed E-state index contributed by atoms with van der Waals surface area (Å²) in [6, 6.07) is 2.85. The Morgan fingerprint density at radius 1 is 1.23 bits per heavy atom. The fraction of sp³-hybridized carbons (Fsp3) is 0.526. The summed E-state index contributed by atoms with van der Waals surface area (Å²) in [5.74, 6) is -0.605. The van der Waals surface area contributed by atoms with Crippen molar-refractivity contribution >= 4 is 17.7 Å². The molecule has 7 nitrogen and oxygen atoms in total. The molecular weight excluding hydrogens is 334 g/mol. The number of carbonyl (C=O) groups excluding carboxylic acids is 3. The number of hydrogen-bond acceptors (Lipinski definition) is 5. The predicted molar refractivity (Wildman–Crippen MR) is 91.8 cm³/mol. The third kappa shape index (κ3) is 2.13. The number of amides is 3. The van der Waals surface area contributed by atoms with Crippen LogP contribution in [0.2, 0.25) is 0 Å². The molecule has 0 aliphatic carbocycles. The Morgan fingerprint density at radius 2 is 2.04 bits per heavy atom. The molecule has 0 unspecified atom stereocenters. The second-order valence-electron chi connectivity index (χ2n) is 7.40. The number of ether oxygens (including phenoxy) is 1. The van der Waals surface area contributed by atoms with Gasteiger partial charge < -0.3 is 15.0 Å². The fourth-order valence-corrected chi connectivity index (χ4v) is 4.54. The number of nitrogens with zero attached hydrogens (tertiary/aromatic N) is 1. The lowest BCUT2D eigenvalue weighted by Crippen LogP contribution is -2.52. The highest BCUT2D eigenvalue weighted by Crippen LogP contribution is 2.48. The monoisotopic (exact) mass is 357 g/mol. The van der Waals surface area contributed by atoms with Gasteiger partial charge in [0.15, 0.2) is 0 Å². The maximum atomic E-state index is 13.0. The van der Waals surface area contributed by atoms with Crippen molar-refractivity contribution in [2.75, 3.05) is 19.6 Å². The molecule has 0 radical (unpaired) electrons. The van der Waals surface area contributed by atoms with E-state index in [9.17, 15) is 14.4 Å². The van der Waals surface area contributed by atoms with Gasteiger partial charge in [-0.15, -0.1) is 0 Å². The Hall–Kier alpha value is -2.41. The van der Waals surface area contributed by atoms with Crippen LogP contribution < -0.4 is 15.4 Å². The number of nitrogens with one attached hydrogen (secondary N) is 2. The van der Waals surface area contributed by atoms with Gasteiger partial charge in [-0.05, 0) is 38.4 Å². The Balaban J connectivity index is 1.53. The predicted octanol–water partition coefficient (Wildman–Crippen LogP) is 0.461. The van der Waals surface area contributed by atoms with Crippen LogP contribution in [0.15, 0.2) is 12.1 Å². The Kier molecular flexibility index (Phi) is 2.93. The highest BCUT2D eigenvalue weighted by atomic mass is 16.5. The van der Waals surface area contributed by atoms with Gasteiger partial charge in [-0.25, -0.2) is 0 Å². The average molecular weight is 357 g/mol. The van der Waals surface area contributed by atoms with E-state index in [0.717, 1.165) is 5.56 Å². The van der Waals surface area contributed by atoms with Gasteiger partial charge in [-0.2, -0.15) is 0 Å². The standard InChI is InChI=1S/C19H21N3O4/c23-15-4-3-14(17(24)21-15)22-9-12-11(18(22)25)1-2-13-16(12)26-10-19(13)5-7-20-8-6-19/h1-2,14,20H,3-10H2,(H,21,23,24)/t14-/m0/s1/i10D2. The largest absolute Gasteiger partial charge is 0.492 e. The van der Waals surface area contributed by atoms with Crippen molar-refractivity contribution < 1.29 is 21.9 Å². The summed E-state index contributed by atoms with van der Waals surface area (Å²) in [6.45, 7) is -0.243. The quantitative estimate of drug-likeness (QED) is 0.713. The molecule has 3 amide bonds. The summed E-state index contributed by atoms with van der Waals surface area (Å²) >= 11 is 0. The summed E-state index contributed by atoms with van der Waals surface area (Å²) in [6.07, 6.45) is 1.74. The Labute approximate surface area is 153 Å². The van der Waals surface area contributed by atoms with Gasteiger partial charge in [0.25, 0.3) is 5.91 Å². The molecule has 4 heterocycles. The van der Waals surface area contributed by atoms with E-state index in [2.05, 4.69) is 10.6 Å². The lowest BCUT2D eigenvalue weighted by atomic mass is 9.74. The zero-order chi connectivity index (χ0) is 19.7. The molecule has 1 atom stereocenters. The molecule has 26 heavy (non-hydrogen) atoms. The van der Waals surface area contributed by atoms with E-state index in [0.29, 0.717) is 49.2 Å². The van der Waals surface area contributed by atoms with E-state index in [-0.39, 0.29) is 24.8 Å². The van der Waals surface area contributed by atoms with E-state index >= 15 is 0 Å². The van der Waals surface area contributed by atoms with Crippen molar-refractivity contribution in [2.45, 2.75) is 43.7 Å². The van der Waals surface area contributed by atoms with Crippen molar-refractivity contribution in [1.82, 2.24) is 15.5 Å². The number of carbonyl (C=O) groups is 3. The first-order valence-electron chi connectivity index (χ1n) is 10.0. The Morgan fingerprint density at radius 3 is 2.81 bits per heavy atom. The van der Waals surface area contributed by atoms with E-state index in [4.69, 9.17) is 7.48 Å². The lowest BCUT2D eigenvalue weighted by Gasteiger charge is -2.32.